The van der Waals surface area contributed by atoms with Crippen molar-refractivity contribution >= 4 is 62.0 Å². The van der Waals surface area contributed by atoms with E-state index in [4.69, 9.17) is 16.3 Å². The van der Waals surface area contributed by atoms with E-state index in [9.17, 15) is 22.0 Å². The maximum absolute atomic E-state index is 13.4. The van der Waals surface area contributed by atoms with E-state index in [2.05, 4.69) is 42.5 Å². The largest absolute Gasteiger partial charge is 0.415 e. The van der Waals surface area contributed by atoms with E-state index < -0.39 is 33.5 Å². The molecule has 0 aliphatic heterocycles. The molecule has 0 saturated heterocycles. The number of halogens is 3. The smallest absolute Gasteiger partial charge is 0.388 e. The zero-order valence-electron chi connectivity index (χ0n) is 24.1. The number of hydrogen-bond acceptors (Lipinski definition) is 12. The number of pyridine rings is 2. The van der Waals surface area contributed by atoms with Gasteiger partial charge in [0.25, 0.3) is 0 Å². The van der Waals surface area contributed by atoms with Gasteiger partial charge in [0.15, 0.2) is 26.5 Å². The fraction of sp³-hybridized carbons (Fsp3) is 0.346. The average molecular weight is 640 g/mol. The topological polar surface area (TPSA) is 155 Å². The van der Waals surface area contributed by atoms with Crippen LogP contribution in [0.4, 0.5) is 43.4 Å². The lowest BCUT2D eigenvalue weighted by molar-refractivity contribution is -0.111. The Labute approximate surface area is 253 Å². The van der Waals surface area contributed by atoms with Crippen molar-refractivity contribution in [2.24, 2.45) is 0 Å². The molecule has 232 valence electrons. The van der Waals surface area contributed by atoms with Crippen LogP contribution in [-0.2, 0) is 14.6 Å². The second-order valence-electron chi connectivity index (χ2n) is 9.60. The number of aromatic nitrogens is 4. The van der Waals surface area contributed by atoms with Gasteiger partial charge in [-0.1, -0.05) is 18.2 Å². The highest BCUT2D eigenvalue weighted by Gasteiger charge is 2.25. The first-order valence-corrected chi connectivity index (χ1v) is 14.7. The Balaban J connectivity index is 2.05. The van der Waals surface area contributed by atoms with Gasteiger partial charge in [0, 0.05) is 26.3 Å². The van der Waals surface area contributed by atoms with E-state index in [0.29, 0.717) is 13.1 Å². The van der Waals surface area contributed by atoms with Gasteiger partial charge >= 0.3 is 6.61 Å². The fourth-order valence-electron chi connectivity index (χ4n) is 3.47. The van der Waals surface area contributed by atoms with Gasteiger partial charge in [-0.25, -0.2) is 18.4 Å². The first-order valence-electron chi connectivity index (χ1n) is 12.8. The van der Waals surface area contributed by atoms with E-state index in [-0.39, 0.29) is 44.7 Å². The number of nitrogens with one attached hydrogen (secondary N) is 3. The van der Waals surface area contributed by atoms with Crippen LogP contribution >= 0.6 is 11.6 Å². The normalized spacial score (nSPS) is 11.5. The maximum atomic E-state index is 13.4. The Hall–Kier alpha value is -4.15. The molecule has 0 aromatic carbocycles. The Morgan fingerprint density at radius 3 is 2.47 bits per heavy atom. The van der Waals surface area contributed by atoms with Gasteiger partial charge in [0.2, 0.25) is 17.7 Å². The molecule has 0 spiro atoms. The molecule has 0 atom stereocenters. The van der Waals surface area contributed by atoms with Crippen LogP contribution in [0.2, 0.25) is 5.02 Å². The molecule has 43 heavy (non-hydrogen) atoms. The molecule has 0 fully saturated rings. The standard InChI is InChI=1S/C26H32ClF2N9O4S/c1-7-20(39)32-18-13-19(23(42-25(28)29)36-22(18)38(6)12-11-37(4)5)34-26-31-14-16(27)21(35-26)33-17-9-8-10-30-24(17)43(40,41)15(2)3/h7-10,13-15,25H,1,11-12H2,2-6H3,(H,32,39)(H2,31,33,34,35). The maximum Gasteiger partial charge on any atom is 0.388 e. The SMILES string of the molecule is C=CC(=O)Nc1cc(Nc2ncc(Cl)c(Nc3cccnc3S(=O)(=O)C(C)C)n2)c(OC(F)F)nc1N(C)CCN(C)C. The molecule has 0 aliphatic rings. The van der Waals surface area contributed by atoms with Gasteiger partial charge < -0.3 is 30.5 Å². The fourth-order valence-corrected chi connectivity index (χ4v) is 4.69. The second kappa shape index (κ2) is 14.3. The van der Waals surface area contributed by atoms with Crippen molar-refractivity contribution in [1.82, 2.24) is 24.8 Å². The highest BCUT2D eigenvalue weighted by Crippen LogP contribution is 2.36. The van der Waals surface area contributed by atoms with Gasteiger partial charge in [-0.2, -0.15) is 18.7 Å². The summed E-state index contributed by atoms with van der Waals surface area (Å²) in [6.45, 7) is 4.31. The van der Waals surface area contributed by atoms with Gasteiger partial charge in [-0.15, -0.1) is 0 Å². The second-order valence-corrected chi connectivity index (χ2v) is 12.4. The van der Waals surface area contributed by atoms with Crippen molar-refractivity contribution in [3.8, 4) is 5.88 Å². The minimum atomic E-state index is -3.77. The van der Waals surface area contributed by atoms with E-state index in [1.165, 1.54) is 44.4 Å². The molecule has 0 radical (unpaired) electrons. The third kappa shape index (κ3) is 8.68. The first kappa shape index (κ1) is 33.4. The number of alkyl halides is 2. The Morgan fingerprint density at radius 2 is 1.84 bits per heavy atom. The highest BCUT2D eigenvalue weighted by atomic mass is 35.5. The summed E-state index contributed by atoms with van der Waals surface area (Å²) in [6.07, 6.45) is 3.61. The minimum absolute atomic E-state index is 0.00289. The molecular weight excluding hydrogens is 608 g/mol. The highest BCUT2D eigenvalue weighted by molar-refractivity contribution is 7.92. The van der Waals surface area contributed by atoms with Crippen LogP contribution in [0.5, 0.6) is 5.88 Å². The summed E-state index contributed by atoms with van der Waals surface area (Å²) >= 11 is 6.30. The monoisotopic (exact) mass is 639 g/mol. The molecule has 3 rings (SSSR count). The third-order valence-corrected chi connectivity index (χ3v) is 8.14. The zero-order chi connectivity index (χ0) is 31.9. The number of nitrogens with zero attached hydrogens (tertiary/aromatic N) is 6. The summed E-state index contributed by atoms with van der Waals surface area (Å²) in [5.41, 5.74) is 0.175. The van der Waals surface area contributed by atoms with Gasteiger partial charge in [-0.3, -0.25) is 4.79 Å². The van der Waals surface area contributed by atoms with Gasteiger partial charge in [-0.05, 0) is 52.2 Å². The first-order chi connectivity index (χ1) is 20.2. The summed E-state index contributed by atoms with van der Waals surface area (Å²) in [5.74, 6) is -1.04. The average Bonchev–Trinajstić information content (AvgIpc) is 2.94. The summed E-state index contributed by atoms with van der Waals surface area (Å²) in [6, 6.07) is 4.37. The molecule has 13 nitrogen and oxygen atoms in total. The number of likely N-dealkylation sites (N-methyl/N-ethyl adjacent to an activating group) is 2. The molecule has 0 saturated carbocycles. The Morgan fingerprint density at radius 1 is 1.12 bits per heavy atom. The predicted molar refractivity (Wildman–Crippen MR) is 162 cm³/mol. The number of hydrogen-bond donors (Lipinski definition) is 3. The number of sulfone groups is 1. The molecule has 3 aromatic heterocycles. The van der Waals surface area contributed by atoms with Crippen LogP contribution in [0.15, 0.2) is 48.3 Å². The number of amides is 1. The molecule has 3 N–H and O–H groups in total. The third-order valence-electron chi connectivity index (χ3n) is 5.76. The zero-order valence-corrected chi connectivity index (χ0v) is 25.7. The molecule has 0 aliphatic carbocycles. The van der Waals surface area contributed by atoms with E-state index in [1.807, 2.05) is 19.0 Å². The quantitative estimate of drug-likeness (QED) is 0.215. The van der Waals surface area contributed by atoms with E-state index in [1.54, 1.807) is 11.9 Å². The van der Waals surface area contributed by atoms with Crippen molar-refractivity contribution in [2.45, 2.75) is 30.7 Å². The van der Waals surface area contributed by atoms with Gasteiger partial charge in [0.05, 0.1) is 22.8 Å². The molecule has 0 bridgehead atoms. The summed E-state index contributed by atoms with van der Waals surface area (Å²) in [4.78, 5) is 32.4. The molecule has 3 heterocycles. The van der Waals surface area contributed by atoms with Crippen molar-refractivity contribution in [1.29, 1.82) is 0 Å². The molecule has 0 unspecified atom stereocenters. The van der Waals surface area contributed by atoms with Crippen LogP contribution < -0.4 is 25.6 Å². The van der Waals surface area contributed by atoms with Crippen LogP contribution in [-0.4, -0.2) is 85.3 Å². The summed E-state index contributed by atoms with van der Waals surface area (Å²) in [7, 11) is 1.65. The lowest BCUT2D eigenvalue weighted by Crippen LogP contribution is -2.30. The predicted octanol–water partition coefficient (Wildman–Crippen LogP) is 4.31. The summed E-state index contributed by atoms with van der Waals surface area (Å²) < 4.78 is 57.2. The van der Waals surface area contributed by atoms with Crippen molar-refractivity contribution in [3.05, 3.63) is 48.3 Å². The Kier molecular flexibility index (Phi) is 11.1. The van der Waals surface area contributed by atoms with Crippen LogP contribution in [0.25, 0.3) is 0 Å². The van der Waals surface area contributed by atoms with Crippen molar-refractivity contribution in [3.63, 3.8) is 0 Å². The molecular formula is C26H32ClF2N9O4S. The lowest BCUT2D eigenvalue weighted by Gasteiger charge is -2.24. The number of anilines is 6. The summed E-state index contributed by atoms with van der Waals surface area (Å²) in [5, 5.41) is 7.32. The van der Waals surface area contributed by atoms with E-state index >= 15 is 0 Å². The van der Waals surface area contributed by atoms with Crippen molar-refractivity contribution in [2.75, 3.05) is 55.1 Å². The van der Waals surface area contributed by atoms with Crippen LogP contribution in [0, 0.1) is 0 Å². The van der Waals surface area contributed by atoms with Crippen LogP contribution in [0.3, 0.4) is 0 Å². The van der Waals surface area contributed by atoms with Crippen LogP contribution in [0.1, 0.15) is 13.8 Å². The molecule has 17 heteroatoms. The molecule has 3 aromatic rings. The number of carbonyl (C=O) groups excluding carboxylic acids is 1. The Bertz CT molecular complexity index is 1580. The van der Waals surface area contributed by atoms with Crippen molar-refractivity contribution < 1.29 is 26.7 Å². The molecule has 1 amide bonds. The van der Waals surface area contributed by atoms with E-state index in [0.717, 1.165) is 6.08 Å². The minimum Gasteiger partial charge on any atom is -0.415 e. The van der Waals surface area contributed by atoms with Gasteiger partial charge in [0.1, 0.15) is 10.7 Å². The number of rotatable bonds is 14. The number of ether oxygens (including phenoxy) is 1. The lowest BCUT2D eigenvalue weighted by atomic mass is 10.3. The number of carbonyl (C=O) groups is 1.